The van der Waals surface area contributed by atoms with Gasteiger partial charge >= 0.3 is 0 Å². The van der Waals surface area contributed by atoms with Gasteiger partial charge in [-0.3, -0.25) is 0 Å². The maximum Gasteiger partial charge on any atom is 0.159 e. The van der Waals surface area contributed by atoms with Crippen molar-refractivity contribution in [1.29, 1.82) is 0 Å². The lowest BCUT2D eigenvalue weighted by molar-refractivity contribution is 0.411. The number of hydrogen-bond donors (Lipinski definition) is 1. The summed E-state index contributed by atoms with van der Waals surface area (Å²) in [4.78, 5) is 0. The first-order valence-electron chi connectivity index (χ1n) is 6.81. The minimum absolute atomic E-state index is 0.0273. The van der Waals surface area contributed by atoms with Gasteiger partial charge in [0.15, 0.2) is 11.6 Å². The number of likely N-dealkylation sites (N-methyl/N-ethyl adjacent to an activating group) is 1. The normalized spacial score (nSPS) is 12.2. The smallest absolute Gasteiger partial charge is 0.159 e. The van der Waals surface area contributed by atoms with Gasteiger partial charge in [0.05, 0.1) is 7.11 Å². The summed E-state index contributed by atoms with van der Waals surface area (Å²) >= 11 is 0. The van der Waals surface area contributed by atoms with Gasteiger partial charge in [-0.05, 0) is 55.3 Å². The van der Waals surface area contributed by atoms with Crippen LogP contribution in [0.25, 0.3) is 0 Å². The highest BCUT2D eigenvalue weighted by Gasteiger charge is 2.13. The van der Waals surface area contributed by atoms with E-state index in [4.69, 9.17) is 4.74 Å². The van der Waals surface area contributed by atoms with E-state index in [-0.39, 0.29) is 6.04 Å². The Bertz CT molecular complexity index is 628. The summed E-state index contributed by atoms with van der Waals surface area (Å²) in [6.07, 6.45) is 0.583. The number of benzene rings is 2. The van der Waals surface area contributed by atoms with Crippen LogP contribution in [-0.2, 0) is 6.42 Å². The Labute approximate surface area is 123 Å². The highest BCUT2D eigenvalue weighted by Crippen LogP contribution is 2.25. The van der Waals surface area contributed by atoms with Gasteiger partial charge in [-0.25, -0.2) is 8.78 Å². The van der Waals surface area contributed by atoms with Crippen LogP contribution in [0.2, 0.25) is 0 Å². The van der Waals surface area contributed by atoms with Gasteiger partial charge < -0.3 is 10.1 Å². The fourth-order valence-electron chi connectivity index (χ4n) is 2.41. The zero-order chi connectivity index (χ0) is 15.4. The third-order valence-corrected chi connectivity index (χ3v) is 3.59. The van der Waals surface area contributed by atoms with E-state index in [0.29, 0.717) is 6.42 Å². The van der Waals surface area contributed by atoms with E-state index >= 15 is 0 Å². The van der Waals surface area contributed by atoms with Crippen LogP contribution in [0.3, 0.4) is 0 Å². The molecule has 0 saturated carbocycles. The van der Waals surface area contributed by atoms with Crippen molar-refractivity contribution in [3.8, 4) is 5.75 Å². The largest absolute Gasteiger partial charge is 0.496 e. The van der Waals surface area contributed by atoms with Crippen molar-refractivity contribution >= 4 is 0 Å². The molecule has 0 aliphatic rings. The molecule has 112 valence electrons. The number of rotatable bonds is 5. The van der Waals surface area contributed by atoms with E-state index < -0.39 is 11.6 Å². The van der Waals surface area contributed by atoms with Gasteiger partial charge in [0, 0.05) is 6.04 Å². The summed E-state index contributed by atoms with van der Waals surface area (Å²) in [5.74, 6) is -0.797. The molecule has 0 amide bonds. The van der Waals surface area contributed by atoms with Gasteiger partial charge in [0.25, 0.3) is 0 Å². The van der Waals surface area contributed by atoms with Gasteiger partial charge in [0.1, 0.15) is 5.75 Å². The number of nitrogens with one attached hydrogen (secondary N) is 1. The summed E-state index contributed by atoms with van der Waals surface area (Å²) in [6, 6.07) is 9.98. The summed E-state index contributed by atoms with van der Waals surface area (Å²) in [6.45, 7) is 1.98. The molecule has 0 bridgehead atoms. The average molecular weight is 291 g/mol. The van der Waals surface area contributed by atoms with Crippen molar-refractivity contribution in [2.45, 2.75) is 19.4 Å². The van der Waals surface area contributed by atoms with E-state index in [0.717, 1.165) is 28.5 Å². The number of methoxy groups -OCH3 is 1. The molecular formula is C17H19F2NO. The van der Waals surface area contributed by atoms with E-state index in [2.05, 4.69) is 5.32 Å². The van der Waals surface area contributed by atoms with E-state index in [9.17, 15) is 8.78 Å². The molecule has 1 atom stereocenters. The number of hydrogen-bond acceptors (Lipinski definition) is 2. The molecule has 21 heavy (non-hydrogen) atoms. The maximum atomic E-state index is 13.3. The molecule has 1 N–H and O–H groups in total. The topological polar surface area (TPSA) is 21.3 Å². The highest BCUT2D eigenvalue weighted by atomic mass is 19.2. The Morgan fingerprint density at radius 1 is 1.10 bits per heavy atom. The highest BCUT2D eigenvalue weighted by molar-refractivity contribution is 5.38. The lowest BCUT2D eigenvalue weighted by Gasteiger charge is -2.18. The van der Waals surface area contributed by atoms with E-state index in [1.807, 2.05) is 32.2 Å². The Kier molecular flexibility index (Phi) is 4.91. The van der Waals surface area contributed by atoms with Crippen LogP contribution in [-0.4, -0.2) is 14.2 Å². The molecule has 4 heteroatoms. The first-order valence-corrected chi connectivity index (χ1v) is 6.81. The molecule has 2 nitrogen and oxygen atoms in total. The second kappa shape index (κ2) is 6.68. The fourth-order valence-corrected chi connectivity index (χ4v) is 2.41. The molecule has 1 unspecified atom stereocenters. The Balaban J connectivity index is 2.23. The second-order valence-electron chi connectivity index (χ2n) is 5.02. The number of ether oxygens (including phenoxy) is 1. The van der Waals surface area contributed by atoms with Crippen LogP contribution in [0.5, 0.6) is 5.75 Å². The summed E-state index contributed by atoms with van der Waals surface area (Å²) in [5.41, 5.74) is 2.88. The van der Waals surface area contributed by atoms with Crippen LogP contribution in [0.15, 0.2) is 36.4 Å². The lowest BCUT2D eigenvalue weighted by atomic mass is 9.97. The van der Waals surface area contributed by atoms with Crippen LogP contribution < -0.4 is 10.1 Å². The Morgan fingerprint density at radius 2 is 1.86 bits per heavy atom. The molecule has 0 radical (unpaired) electrons. The Hall–Kier alpha value is -1.94. The third kappa shape index (κ3) is 3.58. The predicted molar refractivity (Wildman–Crippen MR) is 79.6 cm³/mol. The SMILES string of the molecule is CNC(Cc1ccc(F)c(F)c1)c1ccc(OC)c(C)c1. The maximum absolute atomic E-state index is 13.3. The van der Waals surface area contributed by atoms with Gasteiger partial charge in [0.2, 0.25) is 0 Å². The number of halogens is 2. The monoisotopic (exact) mass is 291 g/mol. The molecule has 0 saturated heterocycles. The van der Waals surface area contributed by atoms with Crippen LogP contribution >= 0.6 is 0 Å². The third-order valence-electron chi connectivity index (χ3n) is 3.59. The van der Waals surface area contributed by atoms with E-state index in [1.165, 1.54) is 6.07 Å². The van der Waals surface area contributed by atoms with Gasteiger partial charge in [-0.15, -0.1) is 0 Å². The van der Waals surface area contributed by atoms with Gasteiger partial charge in [-0.1, -0.05) is 18.2 Å². The molecule has 0 aliphatic carbocycles. The molecule has 0 spiro atoms. The molecule has 0 fully saturated rings. The zero-order valence-electron chi connectivity index (χ0n) is 12.4. The summed E-state index contributed by atoms with van der Waals surface area (Å²) < 4.78 is 31.5. The average Bonchev–Trinajstić information content (AvgIpc) is 2.48. The molecular weight excluding hydrogens is 272 g/mol. The standard InChI is InChI=1S/C17H19F2NO/c1-11-8-13(5-7-17(11)21-3)16(20-2)10-12-4-6-14(18)15(19)9-12/h4-9,16,20H,10H2,1-3H3. The van der Waals surface area contributed by atoms with E-state index in [1.54, 1.807) is 13.2 Å². The van der Waals surface area contributed by atoms with Crippen molar-refractivity contribution in [2.24, 2.45) is 0 Å². The minimum Gasteiger partial charge on any atom is -0.496 e. The molecule has 2 aromatic carbocycles. The molecule has 2 rings (SSSR count). The number of aryl methyl sites for hydroxylation is 1. The van der Waals surface area contributed by atoms with Crippen LogP contribution in [0.4, 0.5) is 8.78 Å². The first-order chi connectivity index (χ1) is 10.0. The van der Waals surface area contributed by atoms with Crippen molar-refractivity contribution in [1.82, 2.24) is 5.32 Å². The minimum atomic E-state index is -0.819. The fraction of sp³-hybridized carbons (Fsp3) is 0.294. The quantitative estimate of drug-likeness (QED) is 0.905. The van der Waals surface area contributed by atoms with Crippen molar-refractivity contribution in [3.05, 3.63) is 64.7 Å². The molecule has 0 aliphatic heterocycles. The lowest BCUT2D eigenvalue weighted by Crippen LogP contribution is -2.19. The second-order valence-corrected chi connectivity index (χ2v) is 5.02. The van der Waals surface area contributed by atoms with Crippen molar-refractivity contribution in [3.63, 3.8) is 0 Å². The molecule has 0 heterocycles. The van der Waals surface area contributed by atoms with Crippen LogP contribution in [0.1, 0.15) is 22.7 Å². The summed E-state index contributed by atoms with van der Waals surface area (Å²) in [5, 5.41) is 3.21. The first kappa shape index (κ1) is 15.4. The molecule has 0 aromatic heterocycles. The Morgan fingerprint density at radius 3 is 2.43 bits per heavy atom. The van der Waals surface area contributed by atoms with Crippen molar-refractivity contribution in [2.75, 3.05) is 14.2 Å². The van der Waals surface area contributed by atoms with Gasteiger partial charge in [-0.2, -0.15) is 0 Å². The predicted octanol–water partition coefficient (Wildman–Crippen LogP) is 3.79. The zero-order valence-corrected chi connectivity index (χ0v) is 12.4. The summed E-state index contributed by atoms with van der Waals surface area (Å²) in [7, 11) is 3.49. The van der Waals surface area contributed by atoms with Crippen molar-refractivity contribution < 1.29 is 13.5 Å². The van der Waals surface area contributed by atoms with Crippen LogP contribution in [0, 0.1) is 18.6 Å². The molecule has 2 aromatic rings.